The second kappa shape index (κ2) is 7.61. The number of anilines is 2. The number of nitrogens with zero attached hydrogens (tertiary/aromatic N) is 1. The van der Waals surface area contributed by atoms with E-state index in [-0.39, 0.29) is 27.8 Å². The van der Waals surface area contributed by atoms with Crippen molar-refractivity contribution >= 4 is 37.3 Å². The highest BCUT2D eigenvalue weighted by atomic mass is 32.2. The molecule has 2 aliphatic rings. The number of hydrogen-bond acceptors (Lipinski definition) is 8. The van der Waals surface area contributed by atoms with Gasteiger partial charge in [-0.1, -0.05) is 6.92 Å². The standard InChI is InChI=1S/C19H20N2O8S2/c1-12-11-30(23,24)21(19(12)22)14-4-6-16(27-2)18(10-14)31(25,26)20-13-3-5-15-17(9-13)29-8-7-28-15/h3-6,9-10,12,20H,7-8,11H2,1-2H3/t12-/m1/s1. The summed E-state index contributed by atoms with van der Waals surface area (Å²) in [5, 5.41) is 0. The Bertz CT molecular complexity index is 1260. The van der Waals surface area contributed by atoms with E-state index in [2.05, 4.69) is 4.72 Å². The monoisotopic (exact) mass is 468 g/mol. The Balaban J connectivity index is 1.72. The molecule has 0 saturated carbocycles. The molecule has 166 valence electrons. The van der Waals surface area contributed by atoms with E-state index in [1.807, 2.05) is 0 Å². The number of ether oxygens (including phenoxy) is 3. The second-order valence-electron chi connectivity index (χ2n) is 7.08. The lowest BCUT2D eigenvalue weighted by atomic mass is 10.2. The third-order valence-electron chi connectivity index (χ3n) is 4.83. The van der Waals surface area contributed by atoms with Gasteiger partial charge < -0.3 is 14.2 Å². The molecule has 10 nitrogen and oxygen atoms in total. The first-order valence-electron chi connectivity index (χ1n) is 9.30. The van der Waals surface area contributed by atoms with Gasteiger partial charge in [0, 0.05) is 6.07 Å². The SMILES string of the molecule is COc1ccc(N2C(=O)[C@H](C)CS2(=O)=O)cc1S(=O)(=O)Nc1ccc2c(c1)OCCO2. The van der Waals surface area contributed by atoms with Crippen LogP contribution in [0.25, 0.3) is 0 Å². The molecule has 1 amide bonds. The number of amides is 1. The zero-order valence-electron chi connectivity index (χ0n) is 16.7. The number of methoxy groups -OCH3 is 1. The number of rotatable bonds is 5. The van der Waals surface area contributed by atoms with Crippen LogP contribution in [-0.4, -0.2) is 48.8 Å². The molecule has 0 spiro atoms. The highest BCUT2D eigenvalue weighted by molar-refractivity contribution is 7.94. The largest absolute Gasteiger partial charge is 0.495 e. The molecule has 1 fully saturated rings. The Labute approximate surface area is 179 Å². The van der Waals surface area contributed by atoms with E-state index in [9.17, 15) is 21.6 Å². The molecular formula is C19H20N2O8S2. The smallest absolute Gasteiger partial charge is 0.265 e. The van der Waals surface area contributed by atoms with E-state index in [4.69, 9.17) is 14.2 Å². The van der Waals surface area contributed by atoms with Gasteiger partial charge in [-0.3, -0.25) is 9.52 Å². The molecular weight excluding hydrogens is 448 g/mol. The van der Waals surface area contributed by atoms with Gasteiger partial charge in [0.1, 0.15) is 23.9 Å². The van der Waals surface area contributed by atoms with E-state index in [0.29, 0.717) is 29.0 Å². The minimum Gasteiger partial charge on any atom is -0.495 e. The van der Waals surface area contributed by atoms with Crippen molar-refractivity contribution in [2.45, 2.75) is 11.8 Å². The summed E-state index contributed by atoms with van der Waals surface area (Å²) in [5.41, 5.74) is 0.146. The summed E-state index contributed by atoms with van der Waals surface area (Å²) in [5.74, 6) is -0.784. The Morgan fingerprint density at radius 1 is 1.10 bits per heavy atom. The molecule has 4 rings (SSSR count). The molecule has 1 N–H and O–H groups in total. The van der Waals surface area contributed by atoms with Gasteiger partial charge in [-0.15, -0.1) is 0 Å². The average molecular weight is 469 g/mol. The van der Waals surface area contributed by atoms with Crippen molar-refractivity contribution in [3.05, 3.63) is 36.4 Å². The second-order valence-corrected chi connectivity index (χ2v) is 10.6. The zero-order valence-corrected chi connectivity index (χ0v) is 18.3. The van der Waals surface area contributed by atoms with Crippen LogP contribution >= 0.6 is 0 Å². The van der Waals surface area contributed by atoms with Crippen LogP contribution in [0.5, 0.6) is 17.2 Å². The summed E-state index contributed by atoms with van der Waals surface area (Å²) in [4.78, 5) is 12.1. The van der Waals surface area contributed by atoms with Crippen molar-refractivity contribution in [1.29, 1.82) is 0 Å². The molecule has 0 radical (unpaired) electrons. The van der Waals surface area contributed by atoms with Crippen molar-refractivity contribution in [3.8, 4) is 17.2 Å². The normalized spacial score (nSPS) is 19.9. The lowest BCUT2D eigenvalue weighted by Crippen LogP contribution is -2.30. The van der Waals surface area contributed by atoms with E-state index in [1.165, 1.54) is 38.3 Å². The van der Waals surface area contributed by atoms with Crippen LogP contribution in [0, 0.1) is 5.92 Å². The first-order valence-corrected chi connectivity index (χ1v) is 12.4. The van der Waals surface area contributed by atoms with Crippen LogP contribution in [0.2, 0.25) is 0 Å². The molecule has 2 aliphatic heterocycles. The fraction of sp³-hybridized carbons (Fsp3) is 0.316. The van der Waals surface area contributed by atoms with Crippen LogP contribution in [0.3, 0.4) is 0 Å². The number of carbonyl (C=O) groups is 1. The van der Waals surface area contributed by atoms with Gasteiger partial charge in [0.25, 0.3) is 10.0 Å². The van der Waals surface area contributed by atoms with Crippen molar-refractivity contribution in [2.24, 2.45) is 5.92 Å². The predicted molar refractivity (Wildman–Crippen MR) is 112 cm³/mol. The summed E-state index contributed by atoms with van der Waals surface area (Å²) >= 11 is 0. The number of hydrogen-bond donors (Lipinski definition) is 1. The van der Waals surface area contributed by atoms with Gasteiger partial charge in [0.2, 0.25) is 15.9 Å². The number of fused-ring (bicyclic) bond motifs is 1. The van der Waals surface area contributed by atoms with Gasteiger partial charge in [-0.25, -0.2) is 21.1 Å². The van der Waals surface area contributed by atoms with Crippen LogP contribution in [0.1, 0.15) is 6.92 Å². The van der Waals surface area contributed by atoms with Crippen molar-refractivity contribution in [2.75, 3.05) is 35.1 Å². The predicted octanol–water partition coefficient (Wildman–Crippen LogP) is 1.58. The number of nitrogens with one attached hydrogen (secondary N) is 1. The molecule has 2 aromatic carbocycles. The van der Waals surface area contributed by atoms with Crippen molar-refractivity contribution in [3.63, 3.8) is 0 Å². The van der Waals surface area contributed by atoms with Crippen molar-refractivity contribution < 1.29 is 35.8 Å². The number of carbonyl (C=O) groups excluding carboxylic acids is 1. The van der Waals surface area contributed by atoms with Gasteiger partial charge in [0.05, 0.1) is 30.2 Å². The summed E-state index contributed by atoms with van der Waals surface area (Å²) in [6.07, 6.45) is 0. The molecule has 12 heteroatoms. The lowest BCUT2D eigenvalue weighted by Gasteiger charge is -2.20. The maximum atomic E-state index is 13.1. The molecule has 0 bridgehead atoms. The highest BCUT2D eigenvalue weighted by Crippen LogP contribution is 2.36. The van der Waals surface area contributed by atoms with Crippen LogP contribution in [0.4, 0.5) is 11.4 Å². The first-order chi connectivity index (χ1) is 14.6. The summed E-state index contributed by atoms with van der Waals surface area (Å²) < 4.78 is 70.1. The maximum absolute atomic E-state index is 13.1. The van der Waals surface area contributed by atoms with Gasteiger partial charge in [-0.2, -0.15) is 0 Å². The third-order valence-corrected chi connectivity index (χ3v) is 8.10. The maximum Gasteiger partial charge on any atom is 0.265 e. The molecule has 0 unspecified atom stereocenters. The highest BCUT2D eigenvalue weighted by Gasteiger charge is 2.42. The molecule has 31 heavy (non-hydrogen) atoms. The average Bonchev–Trinajstić information content (AvgIpc) is 2.93. The Morgan fingerprint density at radius 3 is 2.45 bits per heavy atom. The molecule has 0 aliphatic carbocycles. The Hall–Kier alpha value is -2.99. The fourth-order valence-corrected chi connectivity index (χ4v) is 6.46. The molecule has 2 heterocycles. The fourth-order valence-electron chi connectivity index (χ4n) is 3.41. The van der Waals surface area contributed by atoms with E-state index in [1.54, 1.807) is 6.07 Å². The van der Waals surface area contributed by atoms with Crippen LogP contribution in [0.15, 0.2) is 41.3 Å². The molecule has 1 saturated heterocycles. The minimum absolute atomic E-state index is 0.00844. The van der Waals surface area contributed by atoms with Crippen LogP contribution in [-0.2, 0) is 24.8 Å². The minimum atomic E-state index is -4.21. The van der Waals surface area contributed by atoms with Crippen molar-refractivity contribution in [1.82, 2.24) is 0 Å². The first kappa shape index (κ1) is 21.2. The van der Waals surface area contributed by atoms with E-state index in [0.717, 1.165) is 6.07 Å². The van der Waals surface area contributed by atoms with Crippen LogP contribution < -0.4 is 23.2 Å². The molecule has 1 atom stereocenters. The summed E-state index contributed by atoms with van der Waals surface area (Å²) in [6.45, 7) is 2.25. The lowest BCUT2D eigenvalue weighted by molar-refractivity contribution is -0.119. The summed E-state index contributed by atoms with van der Waals surface area (Å²) in [6, 6.07) is 8.31. The van der Waals surface area contributed by atoms with Gasteiger partial charge >= 0.3 is 0 Å². The van der Waals surface area contributed by atoms with E-state index >= 15 is 0 Å². The quantitative estimate of drug-likeness (QED) is 0.700. The zero-order chi connectivity index (χ0) is 22.4. The van der Waals surface area contributed by atoms with E-state index < -0.39 is 31.9 Å². The number of sulfonamides is 2. The van der Waals surface area contributed by atoms with Gasteiger partial charge in [-0.05, 0) is 30.3 Å². The topological polar surface area (TPSA) is 128 Å². The molecule has 2 aromatic rings. The summed E-state index contributed by atoms with van der Waals surface area (Å²) in [7, 11) is -6.81. The Morgan fingerprint density at radius 2 is 1.81 bits per heavy atom. The number of benzene rings is 2. The Kier molecular flexibility index (Phi) is 5.21. The molecule has 0 aromatic heterocycles. The van der Waals surface area contributed by atoms with Gasteiger partial charge in [0.15, 0.2) is 11.5 Å². The third kappa shape index (κ3) is 3.88.